The minimum Gasteiger partial charge on any atom is -0.497 e. The molecule has 1 aromatic carbocycles. The van der Waals surface area contributed by atoms with Crippen molar-refractivity contribution in [3.8, 4) is 5.75 Å². The fourth-order valence-corrected chi connectivity index (χ4v) is 4.23. The number of aliphatic hydroxyl groups is 1. The van der Waals surface area contributed by atoms with Crippen molar-refractivity contribution in [1.82, 2.24) is 0 Å². The molecule has 4 nitrogen and oxygen atoms in total. The second-order valence-electron chi connectivity index (χ2n) is 6.91. The molecular formula is C17H24O4. The number of benzene rings is 1. The third kappa shape index (κ3) is 2.45. The molecule has 116 valence electrons. The van der Waals surface area contributed by atoms with Gasteiger partial charge in [-0.15, -0.1) is 0 Å². The van der Waals surface area contributed by atoms with Crippen molar-refractivity contribution in [1.29, 1.82) is 0 Å². The average molecular weight is 292 g/mol. The minimum atomic E-state index is -0.760. The Morgan fingerprint density at radius 1 is 1.14 bits per heavy atom. The van der Waals surface area contributed by atoms with Crippen molar-refractivity contribution < 1.29 is 19.3 Å². The summed E-state index contributed by atoms with van der Waals surface area (Å²) in [6, 6.07) is 8.10. The normalized spacial score (nSPS) is 42.0. The molecule has 2 bridgehead atoms. The van der Waals surface area contributed by atoms with Crippen LogP contribution in [0.25, 0.3) is 0 Å². The summed E-state index contributed by atoms with van der Waals surface area (Å²) in [5.74, 6) is 0.373. The molecule has 21 heavy (non-hydrogen) atoms. The zero-order chi connectivity index (χ0) is 15.3. The van der Waals surface area contributed by atoms with E-state index in [0.29, 0.717) is 12.8 Å². The van der Waals surface area contributed by atoms with Gasteiger partial charge in [0, 0.05) is 32.3 Å². The van der Waals surface area contributed by atoms with E-state index in [9.17, 15) is 5.11 Å². The van der Waals surface area contributed by atoms with Crippen LogP contribution in [0, 0.1) is 0 Å². The van der Waals surface area contributed by atoms with Crippen LogP contribution in [0.15, 0.2) is 24.3 Å². The highest BCUT2D eigenvalue weighted by atomic mass is 16.7. The van der Waals surface area contributed by atoms with Crippen molar-refractivity contribution in [2.75, 3.05) is 14.2 Å². The summed E-state index contributed by atoms with van der Waals surface area (Å²) in [6.45, 7) is 3.95. The van der Waals surface area contributed by atoms with E-state index in [1.807, 2.05) is 19.1 Å². The molecule has 3 rings (SSSR count). The maximum Gasteiger partial charge on any atom is 0.172 e. The second kappa shape index (κ2) is 4.70. The first-order valence-electron chi connectivity index (χ1n) is 7.43. The van der Waals surface area contributed by atoms with E-state index in [4.69, 9.17) is 14.2 Å². The van der Waals surface area contributed by atoms with E-state index in [-0.39, 0.29) is 5.92 Å². The van der Waals surface area contributed by atoms with Crippen molar-refractivity contribution in [3.63, 3.8) is 0 Å². The van der Waals surface area contributed by atoms with Gasteiger partial charge in [-0.2, -0.15) is 0 Å². The Balaban J connectivity index is 1.96. The predicted molar refractivity (Wildman–Crippen MR) is 79.4 cm³/mol. The van der Waals surface area contributed by atoms with Crippen molar-refractivity contribution in [2.45, 2.75) is 56.0 Å². The van der Waals surface area contributed by atoms with Gasteiger partial charge in [0.2, 0.25) is 0 Å². The molecule has 4 atom stereocenters. The van der Waals surface area contributed by atoms with Gasteiger partial charge in [0.05, 0.1) is 18.3 Å². The van der Waals surface area contributed by atoms with Crippen molar-refractivity contribution in [2.24, 2.45) is 0 Å². The lowest BCUT2D eigenvalue weighted by Crippen LogP contribution is -2.51. The van der Waals surface area contributed by atoms with E-state index >= 15 is 0 Å². The van der Waals surface area contributed by atoms with Crippen LogP contribution in [-0.2, 0) is 9.47 Å². The number of fused-ring (bicyclic) bond motifs is 2. The molecule has 0 aliphatic carbocycles. The van der Waals surface area contributed by atoms with Gasteiger partial charge < -0.3 is 19.3 Å². The zero-order valence-corrected chi connectivity index (χ0v) is 13.2. The topological polar surface area (TPSA) is 47.9 Å². The SMILES string of the molecule is COc1ccc([C@H]2C[C@]3(OC)C[C@@](C)(O)C[C@@]2(C)O3)cc1. The molecule has 0 radical (unpaired) electrons. The minimum absolute atomic E-state index is 0.206. The molecule has 0 unspecified atom stereocenters. The molecular weight excluding hydrogens is 268 g/mol. The van der Waals surface area contributed by atoms with Crippen LogP contribution >= 0.6 is 0 Å². The number of rotatable bonds is 3. The van der Waals surface area contributed by atoms with Crippen LogP contribution in [-0.4, -0.2) is 36.3 Å². The molecule has 0 saturated carbocycles. The summed E-state index contributed by atoms with van der Waals surface area (Å²) in [6.07, 6.45) is 1.89. The Labute approximate surface area is 126 Å². The van der Waals surface area contributed by atoms with Gasteiger partial charge in [-0.1, -0.05) is 12.1 Å². The predicted octanol–water partition coefficient (Wildman–Crippen LogP) is 2.85. The molecule has 1 aromatic rings. The largest absolute Gasteiger partial charge is 0.497 e. The van der Waals surface area contributed by atoms with Gasteiger partial charge >= 0.3 is 0 Å². The lowest BCUT2D eigenvalue weighted by molar-refractivity contribution is -0.294. The van der Waals surface area contributed by atoms with Crippen LogP contribution in [0.4, 0.5) is 0 Å². The summed E-state index contributed by atoms with van der Waals surface area (Å²) in [4.78, 5) is 0. The molecule has 0 amide bonds. The summed E-state index contributed by atoms with van der Waals surface area (Å²) in [5.41, 5.74) is 0.0336. The van der Waals surface area contributed by atoms with Crippen LogP contribution in [0.2, 0.25) is 0 Å². The fraction of sp³-hybridized carbons (Fsp3) is 0.647. The Kier molecular flexibility index (Phi) is 3.32. The van der Waals surface area contributed by atoms with Crippen LogP contribution in [0.3, 0.4) is 0 Å². The van der Waals surface area contributed by atoms with E-state index in [1.54, 1.807) is 14.2 Å². The van der Waals surface area contributed by atoms with Gasteiger partial charge in [0.1, 0.15) is 5.75 Å². The highest BCUT2D eigenvalue weighted by Crippen LogP contribution is 2.58. The van der Waals surface area contributed by atoms with Crippen LogP contribution < -0.4 is 4.74 Å². The molecule has 2 fully saturated rings. The summed E-state index contributed by atoms with van der Waals surface area (Å²) < 4.78 is 17.1. The van der Waals surface area contributed by atoms with E-state index in [2.05, 4.69) is 19.1 Å². The standard InChI is InChI=1S/C17H24O4/c1-15(18)10-16(2)14(9-17(11-15,20-4)21-16)12-5-7-13(19-3)8-6-12/h5-8,14,18H,9-11H2,1-4H3/t14-,15+,16-,17-/m1/s1. The molecule has 2 aliphatic heterocycles. The number of methoxy groups -OCH3 is 2. The highest BCUT2D eigenvalue weighted by molar-refractivity contribution is 5.33. The molecule has 0 aromatic heterocycles. The molecule has 1 N–H and O–H groups in total. The zero-order valence-electron chi connectivity index (χ0n) is 13.2. The average Bonchev–Trinajstić information content (AvgIpc) is 2.65. The Bertz CT molecular complexity index is 524. The first kappa shape index (κ1) is 14.8. The lowest BCUT2D eigenvalue weighted by Gasteiger charge is -2.45. The first-order chi connectivity index (χ1) is 9.81. The molecule has 2 heterocycles. The van der Waals surface area contributed by atoms with E-state index < -0.39 is 17.0 Å². The summed E-state index contributed by atoms with van der Waals surface area (Å²) in [7, 11) is 3.33. The Morgan fingerprint density at radius 2 is 1.81 bits per heavy atom. The lowest BCUT2D eigenvalue weighted by atomic mass is 9.78. The number of hydrogen-bond acceptors (Lipinski definition) is 4. The van der Waals surface area contributed by atoms with Gasteiger partial charge in [0.25, 0.3) is 0 Å². The van der Waals surface area contributed by atoms with Gasteiger partial charge in [-0.25, -0.2) is 0 Å². The molecule has 2 saturated heterocycles. The number of ether oxygens (including phenoxy) is 3. The molecule has 2 aliphatic rings. The van der Waals surface area contributed by atoms with Crippen molar-refractivity contribution in [3.05, 3.63) is 29.8 Å². The quantitative estimate of drug-likeness (QED) is 0.930. The Hall–Kier alpha value is -1.10. The first-order valence-corrected chi connectivity index (χ1v) is 7.43. The molecule has 4 heteroatoms. The highest BCUT2D eigenvalue weighted by Gasteiger charge is 2.62. The third-order valence-corrected chi connectivity index (χ3v) is 4.94. The van der Waals surface area contributed by atoms with Crippen LogP contribution in [0.5, 0.6) is 5.75 Å². The molecule has 0 spiro atoms. The van der Waals surface area contributed by atoms with Gasteiger partial charge in [-0.3, -0.25) is 0 Å². The van der Waals surface area contributed by atoms with Crippen molar-refractivity contribution >= 4 is 0 Å². The fourth-order valence-electron chi connectivity index (χ4n) is 4.23. The summed E-state index contributed by atoms with van der Waals surface area (Å²) in [5, 5.41) is 10.6. The van der Waals surface area contributed by atoms with Gasteiger partial charge in [0.15, 0.2) is 5.79 Å². The van der Waals surface area contributed by atoms with Gasteiger partial charge in [-0.05, 0) is 31.5 Å². The summed E-state index contributed by atoms with van der Waals surface area (Å²) >= 11 is 0. The maximum atomic E-state index is 10.6. The Morgan fingerprint density at radius 3 is 2.38 bits per heavy atom. The van der Waals surface area contributed by atoms with Crippen LogP contribution in [0.1, 0.15) is 44.6 Å². The third-order valence-electron chi connectivity index (χ3n) is 4.94. The smallest absolute Gasteiger partial charge is 0.172 e. The van der Waals surface area contributed by atoms with E-state index in [0.717, 1.165) is 12.2 Å². The maximum absolute atomic E-state index is 10.6. The second-order valence-corrected chi connectivity index (χ2v) is 6.91. The number of hydrogen-bond donors (Lipinski definition) is 1. The monoisotopic (exact) mass is 292 g/mol. The van der Waals surface area contributed by atoms with E-state index in [1.165, 1.54) is 5.56 Å².